The van der Waals surface area contributed by atoms with E-state index >= 15 is 0 Å². The summed E-state index contributed by atoms with van der Waals surface area (Å²) in [4.78, 5) is 24.6. The average molecular weight is 380 g/mol. The molecule has 2 heterocycles. The van der Waals surface area contributed by atoms with Crippen LogP contribution in [0.15, 0.2) is 45.6 Å². The number of nitrogens with one attached hydrogen (secondary N) is 1. The molecule has 3 rings (SSSR count). The number of carbonyl (C=O) groups is 1. The summed E-state index contributed by atoms with van der Waals surface area (Å²) in [5.41, 5.74) is 1.54. The Morgan fingerprint density at radius 2 is 2.12 bits per heavy atom. The van der Waals surface area contributed by atoms with E-state index in [1.54, 1.807) is 12.1 Å². The lowest BCUT2D eigenvalue weighted by Crippen LogP contribution is -2.14. The maximum atomic E-state index is 12.0. The lowest BCUT2D eigenvalue weighted by atomic mass is 10.1. The molecule has 0 radical (unpaired) electrons. The van der Waals surface area contributed by atoms with Crippen LogP contribution in [0.2, 0.25) is 4.34 Å². The van der Waals surface area contributed by atoms with Crippen LogP contribution < -0.4 is 10.9 Å². The normalized spacial score (nSPS) is 10.9. The topological polar surface area (TPSA) is 59.3 Å². The average Bonchev–Trinajstić information content (AvgIpc) is 2.92. The molecular weight excluding hydrogens is 366 g/mol. The molecule has 124 valence electrons. The molecule has 4 nitrogen and oxygen atoms in total. The van der Waals surface area contributed by atoms with Crippen LogP contribution in [-0.4, -0.2) is 11.7 Å². The van der Waals surface area contributed by atoms with Gasteiger partial charge in [0.1, 0.15) is 5.58 Å². The largest absolute Gasteiger partial charge is 0.423 e. The van der Waals surface area contributed by atoms with Crippen molar-refractivity contribution in [3.05, 3.63) is 61.6 Å². The van der Waals surface area contributed by atoms with Crippen molar-refractivity contribution in [1.82, 2.24) is 0 Å². The Bertz CT molecular complexity index is 948. The van der Waals surface area contributed by atoms with Gasteiger partial charge in [0.05, 0.1) is 10.1 Å². The molecule has 3 aromatic rings. The lowest BCUT2D eigenvalue weighted by Gasteiger charge is -2.06. The highest BCUT2D eigenvalue weighted by molar-refractivity contribution is 7.99. The van der Waals surface area contributed by atoms with E-state index in [-0.39, 0.29) is 5.91 Å². The van der Waals surface area contributed by atoms with E-state index in [1.165, 1.54) is 29.2 Å². The lowest BCUT2D eigenvalue weighted by molar-refractivity contribution is -0.113. The Labute approximate surface area is 151 Å². The van der Waals surface area contributed by atoms with Crippen molar-refractivity contribution < 1.29 is 9.21 Å². The van der Waals surface area contributed by atoms with Crippen molar-refractivity contribution >= 4 is 57.3 Å². The molecule has 0 aliphatic heterocycles. The summed E-state index contributed by atoms with van der Waals surface area (Å²) in [7, 11) is 0. The van der Waals surface area contributed by atoms with Crippen molar-refractivity contribution in [1.29, 1.82) is 0 Å². The van der Waals surface area contributed by atoms with E-state index in [4.69, 9.17) is 16.0 Å². The van der Waals surface area contributed by atoms with Gasteiger partial charge < -0.3 is 9.73 Å². The molecule has 0 bridgehead atoms. The van der Waals surface area contributed by atoms with Crippen LogP contribution in [0.5, 0.6) is 0 Å². The summed E-state index contributed by atoms with van der Waals surface area (Å²) >= 11 is 8.92. The minimum atomic E-state index is -0.395. The van der Waals surface area contributed by atoms with Crippen LogP contribution in [0, 0.1) is 6.92 Å². The quantitative estimate of drug-likeness (QED) is 0.653. The Morgan fingerprint density at radius 1 is 1.29 bits per heavy atom. The number of aryl methyl sites for hydroxylation is 1. The van der Waals surface area contributed by atoms with Crippen LogP contribution in [0.1, 0.15) is 10.4 Å². The first-order valence-corrected chi connectivity index (χ1v) is 9.52. The molecule has 0 saturated carbocycles. The summed E-state index contributed by atoms with van der Waals surface area (Å²) in [6, 6.07) is 10.6. The predicted octanol–water partition coefficient (Wildman–Crippen LogP) is 4.69. The second-order valence-electron chi connectivity index (χ2n) is 5.21. The van der Waals surface area contributed by atoms with Crippen molar-refractivity contribution in [2.75, 3.05) is 11.1 Å². The third-order valence-corrected chi connectivity index (χ3v) is 5.74. The number of hydrogen-bond donors (Lipinski definition) is 1. The first kappa shape index (κ1) is 17.1. The maximum Gasteiger partial charge on any atom is 0.336 e. The molecule has 1 aromatic carbocycles. The summed E-state index contributed by atoms with van der Waals surface area (Å²) < 4.78 is 5.94. The molecule has 1 N–H and O–H groups in total. The first-order chi connectivity index (χ1) is 11.5. The molecule has 0 fully saturated rings. The van der Waals surface area contributed by atoms with Crippen LogP contribution >= 0.6 is 34.7 Å². The van der Waals surface area contributed by atoms with Gasteiger partial charge in [-0.25, -0.2) is 4.79 Å². The molecule has 0 saturated heterocycles. The van der Waals surface area contributed by atoms with Gasteiger partial charge in [-0.3, -0.25) is 4.79 Å². The second-order valence-corrected chi connectivity index (χ2v) is 7.99. The molecule has 0 aliphatic carbocycles. The number of rotatable bonds is 5. The van der Waals surface area contributed by atoms with E-state index < -0.39 is 5.63 Å². The molecule has 0 unspecified atom stereocenters. The number of anilines is 1. The fourth-order valence-corrected chi connectivity index (χ4v) is 4.30. The fourth-order valence-electron chi connectivity index (χ4n) is 2.27. The third-order valence-electron chi connectivity index (χ3n) is 3.34. The third kappa shape index (κ3) is 4.20. The molecule has 2 aromatic heterocycles. The van der Waals surface area contributed by atoms with Crippen LogP contribution in [-0.2, 0) is 10.5 Å². The van der Waals surface area contributed by atoms with Gasteiger partial charge in [-0.1, -0.05) is 11.6 Å². The summed E-state index contributed by atoms with van der Waals surface area (Å²) in [6.07, 6.45) is 0. The summed E-state index contributed by atoms with van der Waals surface area (Å²) in [5, 5.41) is 3.68. The number of amides is 1. The molecule has 1 amide bonds. The number of halogens is 1. The number of fused-ring (bicyclic) bond motifs is 1. The highest BCUT2D eigenvalue weighted by Gasteiger charge is 2.07. The van der Waals surface area contributed by atoms with Gasteiger partial charge in [0.2, 0.25) is 5.91 Å². The predicted molar refractivity (Wildman–Crippen MR) is 101 cm³/mol. The van der Waals surface area contributed by atoms with Crippen molar-refractivity contribution in [3.63, 3.8) is 0 Å². The van der Waals surface area contributed by atoms with E-state index in [0.717, 1.165) is 25.9 Å². The van der Waals surface area contributed by atoms with E-state index in [9.17, 15) is 9.59 Å². The second kappa shape index (κ2) is 7.42. The highest BCUT2D eigenvalue weighted by atomic mass is 35.5. The first-order valence-electron chi connectivity index (χ1n) is 7.17. The number of thioether (sulfide) groups is 1. The summed E-state index contributed by atoms with van der Waals surface area (Å²) in [6.45, 7) is 1.85. The molecule has 24 heavy (non-hydrogen) atoms. The van der Waals surface area contributed by atoms with Gasteiger partial charge in [0.25, 0.3) is 0 Å². The zero-order chi connectivity index (χ0) is 17.1. The zero-order valence-corrected chi connectivity index (χ0v) is 15.2. The van der Waals surface area contributed by atoms with Crippen LogP contribution in [0.4, 0.5) is 5.69 Å². The van der Waals surface area contributed by atoms with Gasteiger partial charge in [-0.2, -0.15) is 0 Å². The van der Waals surface area contributed by atoms with Gasteiger partial charge in [0.15, 0.2) is 0 Å². The number of hydrogen-bond acceptors (Lipinski definition) is 5. The Kier molecular flexibility index (Phi) is 5.28. The number of benzene rings is 1. The molecule has 7 heteroatoms. The number of carbonyl (C=O) groups excluding carboxylic acids is 1. The molecular formula is C17H14ClNO3S2. The van der Waals surface area contributed by atoms with E-state index in [2.05, 4.69) is 5.32 Å². The smallest absolute Gasteiger partial charge is 0.336 e. The summed E-state index contributed by atoms with van der Waals surface area (Å²) in [5.74, 6) is 0.985. The SMILES string of the molecule is Cc1cc(=O)oc2cc(NC(=O)CSCc3ccc(Cl)s3)ccc12. The van der Waals surface area contributed by atoms with Gasteiger partial charge in [-0.15, -0.1) is 23.1 Å². The van der Waals surface area contributed by atoms with E-state index in [1.807, 2.05) is 25.1 Å². The van der Waals surface area contributed by atoms with Crippen molar-refractivity contribution in [2.45, 2.75) is 12.7 Å². The highest BCUT2D eigenvalue weighted by Crippen LogP contribution is 2.25. The Morgan fingerprint density at radius 3 is 2.88 bits per heavy atom. The molecule has 0 atom stereocenters. The van der Waals surface area contributed by atoms with Crippen molar-refractivity contribution in [3.8, 4) is 0 Å². The van der Waals surface area contributed by atoms with Crippen LogP contribution in [0.25, 0.3) is 11.0 Å². The van der Waals surface area contributed by atoms with E-state index in [0.29, 0.717) is 17.0 Å². The fraction of sp³-hybridized carbons (Fsp3) is 0.176. The Balaban J connectivity index is 1.61. The monoisotopic (exact) mass is 379 g/mol. The molecule has 0 spiro atoms. The van der Waals surface area contributed by atoms with Gasteiger partial charge in [-0.05, 0) is 36.8 Å². The van der Waals surface area contributed by atoms with Gasteiger partial charge >= 0.3 is 5.63 Å². The molecule has 0 aliphatic rings. The van der Waals surface area contributed by atoms with Crippen LogP contribution in [0.3, 0.4) is 0 Å². The minimum absolute atomic E-state index is 0.1000. The van der Waals surface area contributed by atoms with Crippen molar-refractivity contribution in [2.24, 2.45) is 0 Å². The maximum absolute atomic E-state index is 12.0. The number of thiophene rings is 1. The van der Waals surface area contributed by atoms with Gasteiger partial charge in [0, 0.05) is 33.8 Å². The zero-order valence-electron chi connectivity index (χ0n) is 12.8. The Hall–Kier alpha value is -1.76. The standard InChI is InChI=1S/C17H14ClNO3S2/c1-10-6-17(21)22-14-7-11(2-4-13(10)14)19-16(20)9-23-8-12-3-5-15(18)24-12/h2-7H,8-9H2,1H3,(H,19,20). The minimum Gasteiger partial charge on any atom is -0.423 e.